The van der Waals surface area contributed by atoms with Crippen molar-refractivity contribution < 1.29 is 13.9 Å². The van der Waals surface area contributed by atoms with Gasteiger partial charge in [-0.05, 0) is 54.2 Å². The van der Waals surface area contributed by atoms with Gasteiger partial charge in [0.25, 0.3) is 0 Å². The molecular weight excluding hydrogens is 491 g/mol. The number of benzene rings is 3. The summed E-state index contributed by atoms with van der Waals surface area (Å²) in [6.45, 7) is 4.95. The first kappa shape index (κ1) is 25.4. The van der Waals surface area contributed by atoms with E-state index in [1.54, 1.807) is 19.2 Å². The van der Waals surface area contributed by atoms with Crippen LogP contribution in [0, 0.1) is 17.7 Å². The van der Waals surface area contributed by atoms with Crippen LogP contribution in [-0.2, 0) is 20.1 Å². The van der Waals surface area contributed by atoms with Gasteiger partial charge in [-0.2, -0.15) is 5.10 Å². The molecule has 0 amide bonds. The summed E-state index contributed by atoms with van der Waals surface area (Å²) in [5.41, 5.74) is 6.41. The maximum absolute atomic E-state index is 14.6. The van der Waals surface area contributed by atoms with Crippen LogP contribution < -0.4 is 4.74 Å². The highest BCUT2D eigenvalue weighted by Crippen LogP contribution is 2.31. The zero-order chi connectivity index (χ0) is 27.1. The molecule has 7 heteroatoms. The number of carbonyl (C=O) groups is 1. The molecule has 0 saturated carbocycles. The fraction of sp³-hybridized carbons (Fsp3) is 0.344. The zero-order valence-electron chi connectivity index (χ0n) is 22.7. The third-order valence-corrected chi connectivity index (χ3v) is 7.96. The number of methoxy groups -OCH3 is 1. The smallest absolute Gasteiger partial charge is 0.163 e. The monoisotopic (exact) mass is 524 g/mol. The molecule has 6 nitrogen and oxygen atoms in total. The van der Waals surface area contributed by atoms with E-state index in [2.05, 4.69) is 29.1 Å². The van der Waals surface area contributed by atoms with Crippen molar-refractivity contribution in [2.24, 2.45) is 23.9 Å². The number of hydrogen-bond acceptors (Lipinski definition) is 5. The van der Waals surface area contributed by atoms with Crippen molar-refractivity contribution >= 4 is 22.4 Å². The van der Waals surface area contributed by atoms with Crippen LogP contribution >= 0.6 is 0 Å². The number of aliphatic imine (C=N–C) groups is 1. The second-order valence-corrected chi connectivity index (χ2v) is 11.1. The Kier molecular flexibility index (Phi) is 6.77. The quantitative estimate of drug-likeness (QED) is 0.287. The summed E-state index contributed by atoms with van der Waals surface area (Å²) in [4.78, 5) is 20.6. The number of ketones is 1. The minimum Gasteiger partial charge on any atom is -0.496 e. The van der Waals surface area contributed by atoms with E-state index in [-0.39, 0.29) is 17.5 Å². The largest absolute Gasteiger partial charge is 0.496 e. The predicted octanol–water partition coefficient (Wildman–Crippen LogP) is 5.80. The third kappa shape index (κ3) is 5.11. The molecule has 1 saturated heterocycles. The number of aromatic nitrogens is 2. The van der Waals surface area contributed by atoms with E-state index in [1.807, 2.05) is 42.2 Å². The first-order valence-electron chi connectivity index (χ1n) is 13.6. The molecule has 1 aromatic heterocycles. The van der Waals surface area contributed by atoms with Crippen LogP contribution in [0.1, 0.15) is 52.4 Å². The molecule has 3 heterocycles. The normalized spacial score (nSPS) is 19.2. The van der Waals surface area contributed by atoms with Gasteiger partial charge in [0, 0.05) is 66.9 Å². The van der Waals surface area contributed by atoms with Gasteiger partial charge in [-0.25, -0.2) is 4.39 Å². The Hall–Kier alpha value is -3.84. The Morgan fingerprint density at radius 2 is 2.00 bits per heavy atom. The Bertz CT molecular complexity index is 1590. The SMILES string of the molecule is COc1cccc(F)c1CN1C[C@H](C)C[C@@H](CC(=O)c2ccc3c(c2)C(c2ccc4nn(C)cc4c2)=NC3)C1. The molecular formula is C32H33FN4O2. The summed E-state index contributed by atoms with van der Waals surface area (Å²) in [6, 6.07) is 17.1. The van der Waals surface area contributed by atoms with E-state index in [1.165, 1.54) is 6.07 Å². The number of aryl methyl sites for hydroxylation is 1. The lowest BCUT2D eigenvalue weighted by atomic mass is 9.85. The predicted molar refractivity (Wildman–Crippen MR) is 151 cm³/mol. The van der Waals surface area contributed by atoms with E-state index in [9.17, 15) is 9.18 Å². The van der Waals surface area contributed by atoms with Crippen LogP contribution in [0.15, 0.2) is 65.8 Å². The van der Waals surface area contributed by atoms with Crippen LogP contribution in [0.25, 0.3) is 10.9 Å². The summed E-state index contributed by atoms with van der Waals surface area (Å²) in [5, 5.41) is 5.54. The number of halogens is 1. The first-order valence-corrected chi connectivity index (χ1v) is 13.6. The highest BCUT2D eigenvalue weighted by atomic mass is 19.1. The molecule has 0 unspecified atom stereocenters. The molecule has 0 N–H and O–H groups in total. The number of carbonyl (C=O) groups excluding carboxylic acids is 1. The van der Waals surface area contributed by atoms with Crippen molar-refractivity contribution in [3.8, 4) is 5.75 Å². The van der Waals surface area contributed by atoms with Crippen molar-refractivity contribution in [2.75, 3.05) is 20.2 Å². The second-order valence-electron chi connectivity index (χ2n) is 11.1. The average molecular weight is 525 g/mol. The molecule has 2 aliphatic rings. The van der Waals surface area contributed by atoms with Gasteiger partial charge in [0.1, 0.15) is 11.6 Å². The third-order valence-electron chi connectivity index (χ3n) is 7.96. The summed E-state index contributed by atoms with van der Waals surface area (Å²) in [5.74, 6) is 1.11. The molecule has 0 bridgehead atoms. The standard InChI is InChI=1S/C32H33FN4O2/c1-20-11-21(17-37(16-20)19-27-28(33)5-4-6-31(27)39-3)12-30(38)22-7-8-24-15-34-32(26(24)14-22)23-9-10-29-25(13-23)18-36(2)35-29/h4-10,13-14,18,20-21H,11-12,15-17,19H2,1-3H3/t20-,21+/m1/s1. The van der Waals surface area contributed by atoms with Gasteiger partial charge in [-0.1, -0.05) is 31.2 Å². The lowest BCUT2D eigenvalue weighted by Gasteiger charge is -2.36. The highest BCUT2D eigenvalue weighted by molar-refractivity contribution is 6.17. The Balaban J connectivity index is 1.18. The molecule has 0 aliphatic carbocycles. The molecule has 1 fully saturated rings. The lowest BCUT2D eigenvalue weighted by molar-refractivity contribution is 0.0856. The minimum atomic E-state index is -0.251. The number of hydrogen-bond donors (Lipinski definition) is 0. The van der Waals surface area contributed by atoms with Crippen LogP contribution in [0.2, 0.25) is 0 Å². The molecule has 4 aromatic rings. The molecule has 2 atom stereocenters. The van der Waals surface area contributed by atoms with Gasteiger partial charge in [0.2, 0.25) is 0 Å². The van der Waals surface area contributed by atoms with Crippen LogP contribution in [0.4, 0.5) is 4.39 Å². The molecule has 3 aromatic carbocycles. The van der Waals surface area contributed by atoms with Crippen LogP contribution in [-0.4, -0.2) is 46.4 Å². The maximum Gasteiger partial charge on any atom is 0.163 e. The topological polar surface area (TPSA) is 59.7 Å². The molecule has 2 aliphatic heterocycles. The van der Waals surface area contributed by atoms with Gasteiger partial charge < -0.3 is 4.74 Å². The van der Waals surface area contributed by atoms with Gasteiger partial charge in [-0.3, -0.25) is 19.4 Å². The van der Waals surface area contributed by atoms with E-state index >= 15 is 0 Å². The molecule has 0 spiro atoms. The number of ether oxygens (including phenoxy) is 1. The fourth-order valence-corrected chi connectivity index (χ4v) is 6.26. The summed E-state index contributed by atoms with van der Waals surface area (Å²) in [6.07, 6.45) is 3.47. The number of nitrogens with zero attached hydrogens (tertiary/aromatic N) is 4. The number of likely N-dealkylation sites (tertiary alicyclic amines) is 1. The first-order chi connectivity index (χ1) is 18.9. The van der Waals surface area contributed by atoms with Gasteiger partial charge in [0.05, 0.1) is 24.9 Å². The second kappa shape index (κ2) is 10.4. The Morgan fingerprint density at radius 1 is 1.13 bits per heavy atom. The van der Waals surface area contributed by atoms with Gasteiger partial charge in [0.15, 0.2) is 5.78 Å². The van der Waals surface area contributed by atoms with E-state index in [0.29, 0.717) is 36.7 Å². The molecule has 6 rings (SSSR count). The lowest BCUT2D eigenvalue weighted by Crippen LogP contribution is -2.40. The maximum atomic E-state index is 14.6. The van der Waals surface area contributed by atoms with Gasteiger partial charge >= 0.3 is 0 Å². The van der Waals surface area contributed by atoms with Crippen molar-refractivity contribution in [2.45, 2.75) is 32.9 Å². The fourth-order valence-electron chi connectivity index (χ4n) is 6.26. The van der Waals surface area contributed by atoms with Gasteiger partial charge in [-0.15, -0.1) is 0 Å². The molecule has 0 radical (unpaired) electrons. The molecule has 200 valence electrons. The molecule has 39 heavy (non-hydrogen) atoms. The van der Waals surface area contributed by atoms with Crippen molar-refractivity contribution in [1.82, 2.24) is 14.7 Å². The minimum absolute atomic E-state index is 0.147. The number of rotatable bonds is 7. The highest BCUT2D eigenvalue weighted by Gasteiger charge is 2.29. The summed E-state index contributed by atoms with van der Waals surface area (Å²) >= 11 is 0. The van der Waals surface area contributed by atoms with E-state index in [0.717, 1.165) is 58.4 Å². The van der Waals surface area contributed by atoms with Crippen molar-refractivity contribution in [1.29, 1.82) is 0 Å². The van der Waals surface area contributed by atoms with Crippen LogP contribution in [0.3, 0.4) is 0 Å². The number of piperidine rings is 1. The summed E-state index contributed by atoms with van der Waals surface area (Å²) in [7, 11) is 3.49. The van der Waals surface area contributed by atoms with E-state index < -0.39 is 0 Å². The van der Waals surface area contributed by atoms with E-state index in [4.69, 9.17) is 9.73 Å². The number of fused-ring (bicyclic) bond motifs is 2. The average Bonchev–Trinajstić information content (AvgIpc) is 3.51. The summed E-state index contributed by atoms with van der Waals surface area (Å²) < 4.78 is 21.8. The van der Waals surface area contributed by atoms with Crippen molar-refractivity contribution in [3.63, 3.8) is 0 Å². The number of Topliss-reactive ketones (excluding diaryl/α,β-unsaturated/α-hetero) is 1. The zero-order valence-corrected chi connectivity index (χ0v) is 22.7. The van der Waals surface area contributed by atoms with Crippen LogP contribution in [0.5, 0.6) is 5.75 Å². The Morgan fingerprint density at radius 3 is 2.85 bits per heavy atom. The van der Waals surface area contributed by atoms with Crippen molar-refractivity contribution in [3.05, 3.63) is 94.4 Å². The Labute approximate surface area is 228 Å².